The molecule has 2 aromatic heterocycles. The molecule has 0 aliphatic rings. The van der Waals surface area contributed by atoms with Crippen molar-refractivity contribution in [1.29, 1.82) is 0 Å². The first-order valence-corrected chi connectivity index (χ1v) is 6.87. The highest BCUT2D eigenvalue weighted by Gasteiger charge is 2.17. The second-order valence-corrected chi connectivity index (χ2v) is 5.13. The maximum atomic E-state index is 12.3. The number of carbonyl (C=O) groups excluding carboxylic acids is 1. The van der Waals surface area contributed by atoms with Gasteiger partial charge in [0.25, 0.3) is 5.91 Å². The lowest BCUT2D eigenvalue weighted by Gasteiger charge is -2.08. The van der Waals surface area contributed by atoms with Crippen LogP contribution < -0.4 is 5.32 Å². The topological polar surface area (TPSA) is 46.4 Å². The minimum atomic E-state index is -0.0313. The van der Waals surface area contributed by atoms with Crippen molar-refractivity contribution in [3.05, 3.63) is 35.8 Å². The van der Waals surface area contributed by atoms with Gasteiger partial charge in [-0.2, -0.15) is 0 Å². The highest BCUT2D eigenvalue weighted by atomic mass is 16.1. The molecule has 0 saturated carbocycles. The molecular formula is C15H21N3O. The van der Waals surface area contributed by atoms with Gasteiger partial charge in [0.1, 0.15) is 11.3 Å². The van der Waals surface area contributed by atoms with E-state index in [9.17, 15) is 4.79 Å². The summed E-state index contributed by atoms with van der Waals surface area (Å²) in [4.78, 5) is 16.8. The Balaban J connectivity index is 2.25. The summed E-state index contributed by atoms with van der Waals surface area (Å²) in [5.41, 5.74) is 2.35. The average molecular weight is 259 g/mol. The number of nitrogens with one attached hydrogen (secondary N) is 1. The maximum absolute atomic E-state index is 12.3. The number of rotatable bonds is 5. The molecule has 19 heavy (non-hydrogen) atoms. The van der Waals surface area contributed by atoms with Gasteiger partial charge in [-0.15, -0.1) is 0 Å². The van der Waals surface area contributed by atoms with Crippen molar-refractivity contribution in [1.82, 2.24) is 14.7 Å². The van der Waals surface area contributed by atoms with Crippen LogP contribution in [0.25, 0.3) is 5.65 Å². The molecule has 2 aromatic rings. The zero-order chi connectivity index (χ0) is 13.8. The zero-order valence-corrected chi connectivity index (χ0v) is 11.8. The van der Waals surface area contributed by atoms with Crippen LogP contribution in [0, 0.1) is 5.92 Å². The molecule has 1 amide bonds. The monoisotopic (exact) mass is 259 g/mol. The first-order chi connectivity index (χ1) is 9.13. The molecule has 102 valence electrons. The number of nitrogens with zero attached hydrogens (tertiary/aromatic N) is 2. The number of fused-ring (bicyclic) bond motifs is 1. The molecule has 0 aliphatic heterocycles. The Morgan fingerprint density at radius 1 is 1.42 bits per heavy atom. The van der Waals surface area contributed by atoms with E-state index in [0.29, 0.717) is 18.2 Å². The number of pyridine rings is 1. The van der Waals surface area contributed by atoms with E-state index < -0.39 is 0 Å². The molecule has 4 heteroatoms. The van der Waals surface area contributed by atoms with Crippen LogP contribution in [0.2, 0.25) is 0 Å². The van der Waals surface area contributed by atoms with Crippen molar-refractivity contribution in [3.63, 3.8) is 0 Å². The molecule has 2 heterocycles. The number of carbonyl (C=O) groups is 1. The molecule has 0 fully saturated rings. The van der Waals surface area contributed by atoms with Crippen molar-refractivity contribution in [3.8, 4) is 0 Å². The molecule has 4 nitrogen and oxygen atoms in total. The second-order valence-electron chi connectivity index (χ2n) is 5.13. The lowest BCUT2D eigenvalue weighted by atomic mass is 10.1. The molecule has 0 atom stereocenters. The predicted molar refractivity (Wildman–Crippen MR) is 76.4 cm³/mol. The molecule has 1 N–H and O–H groups in total. The number of imidazole rings is 1. The van der Waals surface area contributed by atoms with Gasteiger partial charge in [0, 0.05) is 12.7 Å². The lowest BCUT2D eigenvalue weighted by molar-refractivity contribution is 0.0945. The molecule has 0 aliphatic carbocycles. The van der Waals surface area contributed by atoms with Crippen LogP contribution in [0.5, 0.6) is 0 Å². The van der Waals surface area contributed by atoms with Crippen LogP contribution in [0.4, 0.5) is 0 Å². The van der Waals surface area contributed by atoms with Gasteiger partial charge in [-0.1, -0.05) is 26.8 Å². The molecular weight excluding hydrogens is 238 g/mol. The summed E-state index contributed by atoms with van der Waals surface area (Å²) >= 11 is 0. The van der Waals surface area contributed by atoms with Crippen molar-refractivity contribution in [2.24, 2.45) is 5.92 Å². The number of amides is 1. The van der Waals surface area contributed by atoms with E-state index >= 15 is 0 Å². The van der Waals surface area contributed by atoms with Crippen LogP contribution in [-0.2, 0) is 6.42 Å². The smallest absolute Gasteiger partial charge is 0.270 e. The lowest BCUT2D eigenvalue weighted by Crippen LogP contribution is -2.27. The Morgan fingerprint density at radius 3 is 2.89 bits per heavy atom. The van der Waals surface area contributed by atoms with Crippen LogP contribution in [0.15, 0.2) is 24.4 Å². The average Bonchev–Trinajstić information content (AvgIpc) is 2.76. The molecule has 0 radical (unpaired) electrons. The maximum Gasteiger partial charge on any atom is 0.270 e. The first kappa shape index (κ1) is 13.6. The van der Waals surface area contributed by atoms with Gasteiger partial charge in [-0.3, -0.25) is 9.20 Å². The number of hydrogen-bond donors (Lipinski definition) is 1. The Labute approximate surface area is 113 Å². The van der Waals surface area contributed by atoms with Gasteiger partial charge in [0.15, 0.2) is 0 Å². The fourth-order valence-corrected chi connectivity index (χ4v) is 2.09. The SMILES string of the molecule is CCc1nc2ccccn2c1C(=O)NCCC(C)C. The van der Waals surface area contributed by atoms with Gasteiger partial charge in [0.05, 0.1) is 5.69 Å². The molecule has 2 rings (SSSR count). The van der Waals surface area contributed by atoms with E-state index in [1.807, 2.05) is 35.7 Å². The summed E-state index contributed by atoms with van der Waals surface area (Å²) in [6.45, 7) is 7.03. The minimum Gasteiger partial charge on any atom is -0.351 e. The van der Waals surface area contributed by atoms with Crippen LogP contribution >= 0.6 is 0 Å². The zero-order valence-electron chi connectivity index (χ0n) is 11.8. The standard InChI is InChI=1S/C15H21N3O/c1-4-12-14(15(19)16-9-8-11(2)3)18-10-6-5-7-13(18)17-12/h5-7,10-11H,4,8-9H2,1-3H3,(H,16,19). The third kappa shape index (κ3) is 2.95. The number of hydrogen-bond acceptors (Lipinski definition) is 2. The minimum absolute atomic E-state index is 0.0313. The van der Waals surface area contributed by atoms with Gasteiger partial charge in [-0.05, 0) is 30.9 Å². The summed E-state index contributed by atoms with van der Waals surface area (Å²) in [6.07, 6.45) is 3.64. The van der Waals surface area contributed by atoms with E-state index in [1.54, 1.807) is 0 Å². The normalized spacial score (nSPS) is 11.2. The van der Waals surface area contributed by atoms with Crippen LogP contribution in [0.3, 0.4) is 0 Å². The predicted octanol–water partition coefficient (Wildman–Crippen LogP) is 2.67. The van der Waals surface area contributed by atoms with Gasteiger partial charge in [-0.25, -0.2) is 4.98 Å². The van der Waals surface area contributed by atoms with E-state index in [-0.39, 0.29) is 5.91 Å². The Bertz CT molecular complexity index is 572. The largest absolute Gasteiger partial charge is 0.351 e. The van der Waals surface area contributed by atoms with E-state index in [2.05, 4.69) is 24.1 Å². The highest BCUT2D eigenvalue weighted by molar-refractivity contribution is 5.94. The third-order valence-electron chi connectivity index (χ3n) is 3.16. The fourth-order valence-electron chi connectivity index (χ4n) is 2.09. The summed E-state index contributed by atoms with van der Waals surface area (Å²) < 4.78 is 1.86. The summed E-state index contributed by atoms with van der Waals surface area (Å²) in [7, 11) is 0. The van der Waals surface area contributed by atoms with E-state index in [4.69, 9.17) is 0 Å². The molecule has 0 aromatic carbocycles. The van der Waals surface area contributed by atoms with Crippen molar-refractivity contribution in [2.75, 3.05) is 6.54 Å². The second kappa shape index (κ2) is 5.87. The quantitative estimate of drug-likeness (QED) is 0.897. The fraction of sp³-hybridized carbons (Fsp3) is 0.467. The molecule has 0 bridgehead atoms. The van der Waals surface area contributed by atoms with Crippen molar-refractivity contribution < 1.29 is 4.79 Å². The van der Waals surface area contributed by atoms with Crippen molar-refractivity contribution >= 4 is 11.6 Å². The molecule has 0 saturated heterocycles. The summed E-state index contributed by atoms with van der Waals surface area (Å²) in [5, 5.41) is 2.98. The van der Waals surface area contributed by atoms with E-state index in [0.717, 1.165) is 24.2 Å². The van der Waals surface area contributed by atoms with Gasteiger partial charge in [0.2, 0.25) is 0 Å². The van der Waals surface area contributed by atoms with Crippen LogP contribution in [-0.4, -0.2) is 21.8 Å². The number of aryl methyl sites for hydroxylation is 1. The Morgan fingerprint density at radius 2 is 2.21 bits per heavy atom. The van der Waals surface area contributed by atoms with Gasteiger partial charge >= 0.3 is 0 Å². The highest BCUT2D eigenvalue weighted by Crippen LogP contribution is 2.13. The molecule has 0 unspecified atom stereocenters. The molecule has 0 spiro atoms. The number of aromatic nitrogens is 2. The van der Waals surface area contributed by atoms with Crippen molar-refractivity contribution in [2.45, 2.75) is 33.6 Å². The summed E-state index contributed by atoms with van der Waals surface area (Å²) in [6, 6.07) is 5.77. The van der Waals surface area contributed by atoms with Crippen LogP contribution in [0.1, 0.15) is 43.4 Å². The van der Waals surface area contributed by atoms with E-state index in [1.165, 1.54) is 0 Å². The summed E-state index contributed by atoms with van der Waals surface area (Å²) in [5.74, 6) is 0.560. The van der Waals surface area contributed by atoms with Gasteiger partial charge < -0.3 is 5.32 Å². The first-order valence-electron chi connectivity index (χ1n) is 6.87. The Hall–Kier alpha value is -1.84. The Kier molecular flexibility index (Phi) is 4.20. The third-order valence-corrected chi connectivity index (χ3v) is 3.16.